The Kier molecular flexibility index (Phi) is 2.42. The van der Waals surface area contributed by atoms with Gasteiger partial charge >= 0.3 is 0 Å². The Morgan fingerprint density at radius 1 is 1.29 bits per heavy atom. The molecular weight excluding hydrogens is 170 g/mol. The average Bonchev–Trinajstić information content (AvgIpc) is 2.23. The summed E-state index contributed by atoms with van der Waals surface area (Å²) < 4.78 is 0. The van der Waals surface area contributed by atoms with Crippen LogP contribution in [0, 0.1) is 0 Å². The van der Waals surface area contributed by atoms with Gasteiger partial charge in [0.25, 0.3) is 0 Å². The lowest BCUT2D eigenvalue weighted by atomic mass is 9.78. The Hall–Kier alpha value is -1.08. The first-order valence-corrected chi connectivity index (χ1v) is 5.17. The zero-order valence-electron chi connectivity index (χ0n) is 8.88. The molecule has 1 aromatic carbocycles. The van der Waals surface area contributed by atoms with E-state index >= 15 is 0 Å². The first kappa shape index (κ1) is 9.47. The molecule has 1 aliphatic carbocycles. The molecule has 0 radical (unpaired) electrons. The van der Waals surface area contributed by atoms with Crippen LogP contribution in [0.5, 0.6) is 0 Å². The van der Waals surface area contributed by atoms with Crippen LogP contribution in [0.15, 0.2) is 36.4 Å². The number of rotatable bonds is 1. The highest BCUT2D eigenvalue weighted by Crippen LogP contribution is 2.39. The maximum Gasteiger partial charge on any atom is 0.0358 e. The number of nitrogens with one attached hydrogen (secondary N) is 1. The highest BCUT2D eigenvalue weighted by atomic mass is 14.9. The monoisotopic (exact) mass is 187 g/mol. The van der Waals surface area contributed by atoms with Gasteiger partial charge in [0.15, 0.2) is 0 Å². The molecule has 0 spiro atoms. The van der Waals surface area contributed by atoms with E-state index < -0.39 is 0 Å². The molecule has 74 valence electrons. The summed E-state index contributed by atoms with van der Waals surface area (Å²) >= 11 is 0. The van der Waals surface area contributed by atoms with Gasteiger partial charge in [-0.3, -0.25) is 0 Å². The van der Waals surface area contributed by atoms with Gasteiger partial charge in [-0.15, -0.1) is 0 Å². The molecule has 0 amide bonds. The maximum atomic E-state index is 4.15. The predicted molar refractivity (Wildman–Crippen MR) is 60.4 cm³/mol. The quantitative estimate of drug-likeness (QED) is 0.666. The van der Waals surface area contributed by atoms with Crippen molar-refractivity contribution in [2.24, 2.45) is 0 Å². The fourth-order valence-electron chi connectivity index (χ4n) is 2.25. The molecule has 2 unspecified atom stereocenters. The lowest BCUT2D eigenvalue weighted by Crippen LogP contribution is -2.24. The van der Waals surface area contributed by atoms with Gasteiger partial charge in [-0.25, -0.2) is 0 Å². The second-order valence-corrected chi connectivity index (χ2v) is 4.05. The largest absolute Gasteiger partial charge is 0.313 e. The van der Waals surface area contributed by atoms with Crippen molar-refractivity contribution in [1.29, 1.82) is 0 Å². The number of fused-ring (bicyclic) bond motifs is 1. The van der Waals surface area contributed by atoms with E-state index in [2.05, 4.69) is 43.1 Å². The Bertz CT molecular complexity index is 354. The van der Waals surface area contributed by atoms with Gasteiger partial charge in [0.2, 0.25) is 0 Å². The molecule has 1 heteroatoms. The van der Waals surface area contributed by atoms with Crippen LogP contribution in [0.1, 0.15) is 36.4 Å². The van der Waals surface area contributed by atoms with Crippen LogP contribution in [0.4, 0.5) is 0 Å². The zero-order valence-corrected chi connectivity index (χ0v) is 8.88. The predicted octanol–water partition coefficient (Wildman–Crippen LogP) is 3.01. The van der Waals surface area contributed by atoms with Crippen LogP contribution in [-0.2, 0) is 0 Å². The minimum atomic E-state index is 0.454. The summed E-state index contributed by atoms with van der Waals surface area (Å²) in [5.74, 6) is 0.510. The van der Waals surface area contributed by atoms with Gasteiger partial charge in [0.1, 0.15) is 0 Å². The molecule has 2 rings (SSSR count). The summed E-state index contributed by atoms with van der Waals surface area (Å²) in [6.45, 7) is 6.40. The van der Waals surface area contributed by atoms with Gasteiger partial charge < -0.3 is 5.32 Å². The van der Waals surface area contributed by atoms with E-state index in [9.17, 15) is 0 Å². The average molecular weight is 187 g/mol. The third-order valence-corrected chi connectivity index (χ3v) is 3.27. The molecule has 14 heavy (non-hydrogen) atoms. The van der Waals surface area contributed by atoms with E-state index in [-0.39, 0.29) is 0 Å². The standard InChI is InChI=1S/C13H17N/c1-9-8-13(14-3)12-7-5-4-6-11(12)10(9)2/h4-7,10,13-14H,1,8H2,2-3H3. The van der Waals surface area contributed by atoms with Gasteiger partial charge in [0.05, 0.1) is 0 Å². The van der Waals surface area contributed by atoms with Crippen molar-refractivity contribution in [2.75, 3.05) is 7.05 Å². The highest BCUT2D eigenvalue weighted by Gasteiger charge is 2.25. The summed E-state index contributed by atoms with van der Waals surface area (Å²) in [4.78, 5) is 0. The van der Waals surface area contributed by atoms with Gasteiger partial charge in [-0.2, -0.15) is 0 Å². The third-order valence-electron chi connectivity index (χ3n) is 3.27. The second-order valence-electron chi connectivity index (χ2n) is 4.05. The van der Waals surface area contributed by atoms with E-state index in [0.717, 1.165) is 6.42 Å². The topological polar surface area (TPSA) is 12.0 Å². The second kappa shape index (κ2) is 3.58. The maximum absolute atomic E-state index is 4.15. The molecule has 1 nitrogen and oxygen atoms in total. The van der Waals surface area contributed by atoms with E-state index in [4.69, 9.17) is 0 Å². The molecule has 0 saturated carbocycles. The first-order valence-electron chi connectivity index (χ1n) is 5.17. The molecule has 1 N–H and O–H groups in total. The number of hydrogen-bond donors (Lipinski definition) is 1. The molecule has 1 aliphatic rings. The molecule has 1 aromatic rings. The summed E-state index contributed by atoms with van der Waals surface area (Å²) in [5, 5.41) is 3.35. The minimum absolute atomic E-state index is 0.454. The Labute approximate surface area is 85.8 Å². The van der Waals surface area contributed by atoms with E-state index in [1.807, 2.05) is 7.05 Å². The van der Waals surface area contributed by atoms with Crippen molar-refractivity contribution >= 4 is 0 Å². The van der Waals surface area contributed by atoms with E-state index in [0.29, 0.717) is 12.0 Å². The fourth-order valence-corrected chi connectivity index (χ4v) is 2.25. The molecule has 0 saturated heterocycles. The SMILES string of the molecule is C=C1CC(NC)c2ccccc2C1C. The summed E-state index contributed by atoms with van der Waals surface area (Å²) in [7, 11) is 2.02. The van der Waals surface area contributed by atoms with Crippen LogP contribution in [0.25, 0.3) is 0 Å². The van der Waals surface area contributed by atoms with Gasteiger partial charge in [-0.1, -0.05) is 43.3 Å². The lowest BCUT2D eigenvalue weighted by Gasteiger charge is -2.31. The van der Waals surface area contributed by atoms with Crippen molar-refractivity contribution in [1.82, 2.24) is 5.32 Å². The van der Waals surface area contributed by atoms with Crippen LogP contribution in [-0.4, -0.2) is 7.05 Å². The van der Waals surface area contributed by atoms with Gasteiger partial charge in [0, 0.05) is 12.0 Å². The minimum Gasteiger partial charge on any atom is -0.313 e. The van der Waals surface area contributed by atoms with Crippen LogP contribution >= 0.6 is 0 Å². The van der Waals surface area contributed by atoms with E-state index in [1.165, 1.54) is 16.7 Å². The Morgan fingerprint density at radius 3 is 2.57 bits per heavy atom. The molecule has 0 fully saturated rings. The molecular formula is C13H17N. The normalized spacial score (nSPS) is 26.0. The molecule has 0 aromatic heterocycles. The molecule has 2 atom stereocenters. The van der Waals surface area contributed by atoms with Crippen molar-refractivity contribution in [3.63, 3.8) is 0 Å². The van der Waals surface area contributed by atoms with Crippen molar-refractivity contribution < 1.29 is 0 Å². The Morgan fingerprint density at radius 2 is 1.93 bits per heavy atom. The van der Waals surface area contributed by atoms with Crippen molar-refractivity contribution in [2.45, 2.75) is 25.3 Å². The first-order chi connectivity index (χ1) is 6.74. The highest BCUT2D eigenvalue weighted by molar-refractivity contribution is 5.41. The smallest absolute Gasteiger partial charge is 0.0358 e. The van der Waals surface area contributed by atoms with Crippen LogP contribution in [0.3, 0.4) is 0 Å². The van der Waals surface area contributed by atoms with Gasteiger partial charge in [-0.05, 0) is 24.6 Å². The van der Waals surface area contributed by atoms with Crippen molar-refractivity contribution in [3.8, 4) is 0 Å². The number of benzene rings is 1. The lowest BCUT2D eigenvalue weighted by molar-refractivity contribution is 0.539. The molecule has 0 heterocycles. The zero-order chi connectivity index (χ0) is 10.1. The fraction of sp³-hybridized carbons (Fsp3) is 0.385. The van der Waals surface area contributed by atoms with E-state index in [1.54, 1.807) is 0 Å². The summed E-state index contributed by atoms with van der Waals surface area (Å²) in [6.07, 6.45) is 1.06. The molecule has 0 bridgehead atoms. The molecule has 0 aliphatic heterocycles. The summed E-state index contributed by atoms with van der Waals surface area (Å²) in [5.41, 5.74) is 4.21. The summed E-state index contributed by atoms with van der Waals surface area (Å²) in [6, 6.07) is 9.12. The number of hydrogen-bond acceptors (Lipinski definition) is 1. The van der Waals surface area contributed by atoms with Crippen LogP contribution in [0.2, 0.25) is 0 Å². The Balaban J connectivity index is 2.49. The van der Waals surface area contributed by atoms with Crippen molar-refractivity contribution in [3.05, 3.63) is 47.5 Å². The third kappa shape index (κ3) is 1.38. The van der Waals surface area contributed by atoms with Crippen LogP contribution < -0.4 is 5.32 Å².